The highest BCUT2D eigenvalue weighted by Gasteiger charge is 2.36. The first-order valence-corrected chi connectivity index (χ1v) is 3.72. The van der Waals surface area contributed by atoms with Crippen molar-refractivity contribution < 1.29 is 0 Å². The molecule has 2 nitrogen and oxygen atoms in total. The number of rotatable bonds is 1. The fourth-order valence-electron chi connectivity index (χ4n) is 1.81. The van der Waals surface area contributed by atoms with E-state index in [9.17, 15) is 0 Å². The van der Waals surface area contributed by atoms with Crippen LogP contribution >= 0.6 is 0 Å². The lowest BCUT2D eigenvalue weighted by molar-refractivity contribution is 0.250. The Morgan fingerprint density at radius 2 is 2.67 bits per heavy atom. The smallest absolute Gasteiger partial charge is 0.0522 e. The summed E-state index contributed by atoms with van der Waals surface area (Å²) in [6.07, 6.45) is 1.31. The van der Waals surface area contributed by atoms with Gasteiger partial charge in [-0.2, -0.15) is 0 Å². The van der Waals surface area contributed by atoms with E-state index in [0.717, 1.165) is 6.04 Å². The standard InChI is InChI=1S/C7H13N2/c1-2-9-5-6-3-7(9)4-8-6/h7-8H,2-5H2,1H3/t7-/m0/s1. The average molecular weight is 125 g/mol. The second kappa shape index (κ2) is 1.96. The third kappa shape index (κ3) is 0.775. The van der Waals surface area contributed by atoms with Crippen molar-refractivity contribution in [1.82, 2.24) is 10.2 Å². The van der Waals surface area contributed by atoms with Gasteiger partial charge in [0.15, 0.2) is 0 Å². The van der Waals surface area contributed by atoms with Crippen molar-refractivity contribution in [2.75, 3.05) is 19.6 Å². The van der Waals surface area contributed by atoms with Crippen LogP contribution in [0.15, 0.2) is 0 Å². The van der Waals surface area contributed by atoms with E-state index in [-0.39, 0.29) is 0 Å². The van der Waals surface area contributed by atoms with Crippen molar-refractivity contribution in [2.45, 2.75) is 19.4 Å². The Hall–Kier alpha value is -0.0800. The summed E-state index contributed by atoms with van der Waals surface area (Å²) in [5, 5.41) is 3.40. The maximum atomic E-state index is 3.40. The summed E-state index contributed by atoms with van der Waals surface area (Å²) in [7, 11) is 0. The molecule has 0 unspecified atom stereocenters. The molecule has 2 aliphatic rings. The topological polar surface area (TPSA) is 15.3 Å². The number of nitrogens with zero attached hydrogens (tertiary/aromatic N) is 1. The average Bonchev–Trinajstić information content (AvgIpc) is 2.45. The predicted molar refractivity (Wildman–Crippen MR) is 36.9 cm³/mol. The molecule has 0 amide bonds. The Bertz CT molecular complexity index is 113. The Morgan fingerprint density at radius 1 is 1.78 bits per heavy atom. The molecule has 2 heterocycles. The Kier molecular flexibility index (Phi) is 1.24. The molecular formula is C7H13N2. The summed E-state index contributed by atoms with van der Waals surface area (Å²) in [5.74, 6) is 0. The lowest BCUT2D eigenvalue weighted by atomic mass is 10.2. The van der Waals surface area contributed by atoms with Crippen LogP contribution in [-0.4, -0.2) is 30.6 Å². The van der Waals surface area contributed by atoms with Crippen molar-refractivity contribution in [3.05, 3.63) is 6.04 Å². The lowest BCUT2D eigenvalue weighted by Crippen LogP contribution is -2.40. The second-order valence-electron chi connectivity index (χ2n) is 2.91. The Morgan fingerprint density at radius 3 is 3.00 bits per heavy atom. The summed E-state index contributed by atoms with van der Waals surface area (Å²) in [5.41, 5.74) is 0. The van der Waals surface area contributed by atoms with Crippen molar-refractivity contribution in [3.63, 3.8) is 0 Å². The SMILES string of the molecule is CCN1C[C]2C[C@H]1CN2. The lowest BCUT2D eigenvalue weighted by Gasteiger charge is -2.24. The number of piperazine rings is 1. The first-order valence-electron chi connectivity index (χ1n) is 3.72. The zero-order valence-electron chi connectivity index (χ0n) is 5.85. The van der Waals surface area contributed by atoms with Gasteiger partial charge in [0.05, 0.1) is 6.04 Å². The van der Waals surface area contributed by atoms with Crippen LogP contribution in [0.3, 0.4) is 0 Å². The van der Waals surface area contributed by atoms with Crippen LogP contribution < -0.4 is 5.32 Å². The summed E-state index contributed by atoms with van der Waals surface area (Å²) >= 11 is 0. The van der Waals surface area contributed by atoms with Crippen LogP contribution in [0.1, 0.15) is 13.3 Å². The fourth-order valence-corrected chi connectivity index (χ4v) is 1.81. The minimum Gasteiger partial charge on any atom is -0.307 e. The van der Waals surface area contributed by atoms with Gasteiger partial charge in [0, 0.05) is 19.1 Å². The summed E-state index contributed by atoms with van der Waals surface area (Å²) in [6.45, 7) is 5.86. The number of likely N-dealkylation sites (N-methyl/N-ethyl adjacent to an activating group) is 1. The number of hydrogen-bond acceptors (Lipinski definition) is 2. The molecule has 0 aliphatic carbocycles. The van der Waals surface area contributed by atoms with E-state index in [0.29, 0.717) is 0 Å². The summed E-state index contributed by atoms with van der Waals surface area (Å²) < 4.78 is 0. The van der Waals surface area contributed by atoms with Crippen LogP contribution in [0.5, 0.6) is 0 Å². The maximum absolute atomic E-state index is 3.40. The van der Waals surface area contributed by atoms with Gasteiger partial charge >= 0.3 is 0 Å². The largest absolute Gasteiger partial charge is 0.307 e. The normalized spacial score (nSPS) is 36.3. The molecule has 2 bridgehead atoms. The minimum absolute atomic E-state index is 0.838. The number of hydrogen-bond donors (Lipinski definition) is 1. The quantitative estimate of drug-likeness (QED) is 0.539. The van der Waals surface area contributed by atoms with Crippen molar-refractivity contribution in [2.24, 2.45) is 0 Å². The van der Waals surface area contributed by atoms with Crippen molar-refractivity contribution in [3.8, 4) is 0 Å². The van der Waals surface area contributed by atoms with Gasteiger partial charge in [-0.3, -0.25) is 4.90 Å². The highest BCUT2D eigenvalue weighted by atomic mass is 15.3. The van der Waals surface area contributed by atoms with E-state index in [1.165, 1.54) is 26.1 Å². The summed E-state index contributed by atoms with van der Waals surface area (Å²) in [6, 6.07) is 2.40. The van der Waals surface area contributed by atoms with Crippen LogP contribution in [0.25, 0.3) is 0 Å². The van der Waals surface area contributed by atoms with Crippen LogP contribution in [0, 0.1) is 6.04 Å². The molecule has 2 rings (SSSR count). The highest BCUT2D eigenvalue weighted by molar-refractivity contribution is 5.09. The number of nitrogens with one attached hydrogen (secondary N) is 1. The fraction of sp³-hybridized carbons (Fsp3) is 0.857. The van der Waals surface area contributed by atoms with Gasteiger partial charge in [-0.1, -0.05) is 6.92 Å². The molecule has 0 aromatic heterocycles. The van der Waals surface area contributed by atoms with Crippen LogP contribution in [-0.2, 0) is 0 Å². The molecule has 9 heavy (non-hydrogen) atoms. The first kappa shape index (κ1) is 5.69. The monoisotopic (exact) mass is 125 g/mol. The molecule has 2 heteroatoms. The zero-order chi connectivity index (χ0) is 6.27. The van der Waals surface area contributed by atoms with E-state index in [1.54, 1.807) is 6.04 Å². The van der Waals surface area contributed by atoms with Crippen LogP contribution in [0.4, 0.5) is 0 Å². The number of likely N-dealkylation sites (tertiary alicyclic amines) is 1. The van der Waals surface area contributed by atoms with Gasteiger partial charge in [-0.25, -0.2) is 0 Å². The third-order valence-corrected chi connectivity index (χ3v) is 2.39. The Labute approximate surface area is 56.2 Å². The molecule has 51 valence electrons. The van der Waals surface area contributed by atoms with Gasteiger partial charge in [-0.05, 0) is 13.0 Å². The van der Waals surface area contributed by atoms with Crippen LogP contribution in [0.2, 0.25) is 0 Å². The van der Waals surface area contributed by atoms with Gasteiger partial charge < -0.3 is 5.32 Å². The minimum atomic E-state index is 0.838. The van der Waals surface area contributed by atoms with E-state index in [2.05, 4.69) is 17.1 Å². The molecule has 0 spiro atoms. The molecule has 2 aliphatic heterocycles. The molecule has 2 fully saturated rings. The van der Waals surface area contributed by atoms with E-state index in [1.807, 2.05) is 0 Å². The third-order valence-electron chi connectivity index (χ3n) is 2.39. The molecule has 0 saturated carbocycles. The van der Waals surface area contributed by atoms with Gasteiger partial charge in [-0.15, -0.1) is 0 Å². The van der Waals surface area contributed by atoms with E-state index in [4.69, 9.17) is 0 Å². The Balaban J connectivity index is 2.01. The maximum Gasteiger partial charge on any atom is 0.0522 e. The molecule has 0 aromatic carbocycles. The molecule has 0 aromatic rings. The zero-order valence-corrected chi connectivity index (χ0v) is 5.85. The van der Waals surface area contributed by atoms with E-state index >= 15 is 0 Å². The van der Waals surface area contributed by atoms with E-state index < -0.39 is 0 Å². The molecular weight excluding hydrogens is 112 g/mol. The van der Waals surface area contributed by atoms with Gasteiger partial charge in [0.25, 0.3) is 0 Å². The number of fused-ring (bicyclic) bond motifs is 2. The van der Waals surface area contributed by atoms with Crippen molar-refractivity contribution in [1.29, 1.82) is 0 Å². The molecule has 1 N–H and O–H groups in total. The molecule has 1 atom stereocenters. The molecule has 2 saturated heterocycles. The van der Waals surface area contributed by atoms with Gasteiger partial charge in [0.2, 0.25) is 0 Å². The first-order chi connectivity index (χ1) is 4.40. The highest BCUT2D eigenvalue weighted by Crippen LogP contribution is 2.27. The summed E-state index contributed by atoms with van der Waals surface area (Å²) in [4.78, 5) is 2.53. The second-order valence-corrected chi connectivity index (χ2v) is 2.91. The van der Waals surface area contributed by atoms with Gasteiger partial charge in [0.1, 0.15) is 0 Å². The predicted octanol–water partition coefficient (Wildman–Crippen LogP) is 0.216. The molecule has 1 radical (unpaired) electrons. The van der Waals surface area contributed by atoms with Crippen molar-refractivity contribution >= 4 is 0 Å².